The molecule has 98 valence electrons. The van der Waals surface area contributed by atoms with E-state index in [1.807, 2.05) is 6.92 Å². The van der Waals surface area contributed by atoms with E-state index in [4.69, 9.17) is 0 Å². The van der Waals surface area contributed by atoms with Crippen LogP contribution in [0.5, 0.6) is 0 Å². The maximum absolute atomic E-state index is 11.5. The number of aryl methyl sites for hydroxylation is 1. The normalized spacial score (nSPS) is 9.94. The van der Waals surface area contributed by atoms with E-state index in [1.165, 1.54) is 12.1 Å². The lowest BCUT2D eigenvalue weighted by Crippen LogP contribution is -2.32. The van der Waals surface area contributed by atoms with Crippen LogP contribution >= 0.6 is 0 Å². The van der Waals surface area contributed by atoms with E-state index < -0.39 is 4.92 Å². The van der Waals surface area contributed by atoms with Gasteiger partial charge in [-0.05, 0) is 19.9 Å². The SMILES string of the molecule is CCN(C)C(=O)CNc1ccc([N+](=O)[O-])c(C)n1. The molecule has 7 nitrogen and oxygen atoms in total. The summed E-state index contributed by atoms with van der Waals surface area (Å²) in [4.78, 5) is 27.3. The summed E-state index contributed by atoms with van der Waals surface area (Å²) < 4.78 is 0. The van der Waals surface area contributed by atoms with Crippen molar-refractivity contribution in [3.05, 3.63) is 27.9 Å². The molecule has 0 unspecified atom stereocenters. The summed E-state index contributed by atoms with van der Waals surface area (Å²) in [6.07, 6.45) is 0. The molecule has 18 heavy (non-hydrogen) atoms. The van der Waals surface area contributed by atoms with Gasteiger partial charge in [-0.1, -0.05) is 0 Å². The molecule has 0 aliphatic heterocycles. The van der Waals surface area contributed by atoms with Gasteiger partial charge in [-0.3, -0.25) is 14.9 Å². The number of anilines is 1. The number of hydrogen-bond donors (Lipinski definition) is 1. The Hall–Kier alpha value is -2.18. The minimum absolute atomic E-state index is 0.0300. The number of amides is 1. The van der Waals surface area contributed by atoms with E-state index in [0.29, 0.717) is 18.1 Å². The second-order valence-electron chi connectivity index (χ2n) is 3.82. The molecule has 0 aromatic carbocycles. The predicted molar refractivity (Wildman–Crippen MR) is 67.4 cm³/mol. The maximum Gasteiger partial charge on any atom is 0.290 e. The van der Waals surface area contributed by atoms with E-state index >= 15 is 0 Å². The number of rotatable bonds is 5. The molecule has 0 saturated carbocycles. The first-order valence-corrected chi connectivity index (χ1v) is 5.55. The van der Waals surface area contributed by atoms with Gasteiger partial charge in [0.2, 0.25) is 5.91 Å². The molecule has 0 bridgehead atoms. The van der Waals surface area contributed by atoms with Crippen molar-refractivity contribution in [2.75, 3.05) is 25.5 Å². The van der Waals surface area contributed by atoms with E-state index in [1.54, 1.807) is 18.9 Å². The van der Waals surface area contributed by atoms with Gasteiger partial charge in [-0.25, -0.2) is 4.98 Å². The molecule has 1 rings (SSSR count). The fourth-order valence-corrected chi connectivity index (χ4v) is 1.32. The van der Waals surface area contributed by atoms with Crippen LogP contribution in [0.2, 0.25) is 0 Å². The molecule has 0 saturated heterocycles. The molecule has 0 radical (unpaired) electrons. The third-order valence-electron chi connectivity index (χ3n) is 2.58. The zero-order chi connectivity index (χ0) is 13.7. The third-order valence-corrected chi connectivity index (χ3v) is 2.58. The zero-order valence-electron chi connectivity index (χ0n) is 10.6. The van der Waals surface area contributed by atoms with E-state index in [-0.39, 0.29) is 18.1 Å². The van der Waals surface area contributed by atoms with Crippen LogP contribution in [0, 0.1) is 17.0 Å². The molecule has 1 aromatic rings. The summed E-state index contributed by atoms with van der Waals surface area (Å²) >= 11 is 0. The number of carbonyl (C=O) groups excluding carboxylic acids is 1. The molecule has 0 aliphatic carbocycles. The number of hydrogen-bond acceptors (Lipinski definition) is 5. The maximum atomic E-state index is 11.5. The van der Waals surface area contributed by atoms with Gasteiger partial charge in [-0.2, -0.15) is 0 Å². The van der Waals surface area contributed by atoms with Crippen molar-refractivity contribution >= 4 is 17.4 Å². The van der Waals surface area contributed by atoms with Crippen molar-refractivity contribution in [2.24, 2.45) is 0 Å². The summed E-state index contributed by atoms with van der Waals surface area (Å²) in [5, 5.41) is 13.5. The van der Waals surface area contributed by atoms with Crippen LogP contribution in [0.1, 0.15) is 12.6 Å². The molecule has 1 aromatic heterocycles. The monoisotopic (exact) mass is 252 g/mol. The molecule has 0 aliphatic rings. The molecular weight excluding hydrogens is 236 g/mol. The number of nitro groups is 1. The number of nitrogens with zero attached hydrogens (tertiary/aromatic N) is 3. The Labute approximate surface area is 105 Å². The predicted octanol–water partition coefficient (Wildman–Crippen LogP) is 1.19. The average molecular weight is 252 g/mol. The zero-order valence-corrected chi connectivity index (χ0v) is 10.6. The summed E-state index contributed by atoms with van der Waals surface area (Å²) in [6, 6.07) is 2.86. The number of nitrogens with one attached hydrogen (secondary N) is 1. The fraction of sp³-hybridized carbons (Fsp3) is 0.455. The van der Waals surface area contributed by atoms with Crippen molar-refractivity contribution < 1.29 is 9.72 Å². The second-order valence-corrected chi connectivity index (χ2v) is 3.82. The number of likely N-dealkylation sites (N-methyl/N-ethyl adjacent to an activating group) is 1. The van der Waals surface area contributed by atoms with Gasteiger partial charge in [0.15, 0.2) is 0 Å². The Morgan fingerprint density at radius 3 is 2.72 bits per heavy atom. The first-order valence-electron chi connectivity index (χ1n) is 5.55. The highest BCUT2D eigenvalue weighted by Gasteiger charge is 2.12. The van der Waals surface area contributed by atoms with Crippen LogP contribution in [0.15, 0.2) is 12.1 Å². The van der Waals surface area contributed by atoms with Crippen molar-refractivity contribution in [3.63, 3.8) is 0 Å². The Bertz CT molecular complexity index is 462. The van der Waals surface area contributed by atoms with Gasteiger partial charge in [0.25, 0.3) is 5.69 Å². The van der Waals surface area contributed by atoms with Crippen molar-refractivity contribution in [3.8, 4) is 0 Å². The van der Waals surface area contributed by atoms with Gasteiger partial charge in [0.1, 0.15) is 11.5 Å². The number of pyridine rings is 1. The van der Waals surface area contributed by atoms with Crippen LogP contribution in [0.3, 0.4) is 0 Å². The average Bonchev–Trinajstić information content (AvgIpc) is 2.34. The van der Waals surface area contributed by atoms with Crippen LogP contribution in [0.4, 0.5) is 11.5 Å². The van der Waals surface area contributed by atoms with Gasteiger partial charge in [-0.15, -0.1) is 0 Å². The summed E-state index contributed by atoms with van der Waals surface area (Å²) in [6.45, 7) is 4.19. The second kappa shape index (κ2) is 5.95. The lowest BCUT2D eigenvalue weighted by molar-refractivity contribution is -0.385. The third kappa shape index (κ3) is 3.41. The van der Waals surface area contributed by atoms with Crippen molar-refractivity contribution in [1.29, 1.82) is 0 Å². The highest BCUT2D eigenvalue weighted by Crippen LogP contribution is 2.17. The van der Waals surface area contributed by atoms with E-state index in [0.717, 1.165) is 0 Å². The number of carbonyl (C=O) groups is 1. The van der Waals surface area contributed by atoms with Crippen LogP contribution < -0.4 is 5.32 Å². The van der Waals surface area contributed by atoms with Crippen LogP contribution in [-0.2, 0) is 4.79 Å². The minimum Gasteiger partial charge on any atom is -0.361 e. The molecule has 1 N–H and O–H groups in total. The van der Waals surface area contributed by atoms with Crippen LogP contribution in [-0.4, -0.2) is 40.9 Å². The fourth-order valence-electron chi connectivity index (χ4n) is 1.32. The number of aromatic nitrogens is 1. The standard InChI is InChI=1S/C11H16N4O3/c1-4-14(3)11(16)7-12-10-6-5-9(15(17)18)8(2)13-10/h5-6H,4,7H2,1-3H3,(H,12,13). The highest BCUT2D eigenvalue weighted by molar-refractivity contribution is 5.80. The summed E-state index contributed by atoms with van der Waals surface area (Å²) in [7, 11) is 1.71. The topological polar surface area (TPSA) is 88.4 Å². The first kappa shape index (κ1) is 13.9. The van der Waals surface area contributed by atoms with Gasteiger partial charge in [0, 0.05) is 19.7 Å². The summed E-state index contributed by atoms with van der Waals surface area (Å²) in [5.41, 5.74) is 0.291. The van der Waals surface area contributed by atoms with E-state index in [9.17, 15) is 14.9 Å². The van der Waals surface area contributed by atoms with E-state index in [2.05, 4.69) is 10.3 Å². The molecule has 0 fully saturated rings. The van der Waals surface area contributed by atoms with Crippen molar-refractivity contribution in [1.82, 2.24) is 9.88 Å². The summed E-state index contributed by atoms with van der Waals surface area (Å²) in [5.74, 6) is 0.395. The Balaban J connectivity index is 2.67. The lowest BCUT2D eigenvalue weighted by atomic mass is 10.3. The Morgan fingerprint density at radius 1 is 1.56 bits per heavy atom. The Morgan fingerprint density at radius 2 is 2.22 bits per heavy atom. The van der Waals surface area contributed by atoms with Gasteiger partial charge >= 0.3 is 0 Å². The minimum atomic E-state index is -0.484. The van der Waals surface area contributed by atoms with Crippen LogP contribution in [0.25, 0.3) is 0 Å². The quantitative estimate of drug-likeness (QED) is 0.628. The van der Waals surface area contributed by atoms with Gasteiger partial charge in [0.05, 0.1) is 11.5 Å². The molecule has 0 atom stereocenters. The highest BCUT2D eigenvalue weighted by atomic mass is 16.6. The molecule has 7 heteroatoms. The van der Waals surface area contributed by atoms with Gasteiger partial charge < -0.3 is 10.2 Å². The lowest BCUT2D eigenvalue weighted by Gasteiger charge is -2.14. The largest absolute Gasteiger partial charge is 0.361 e. The molecule has 0 spiro atoms. The molecule has 1 heterocycles. The molecule has 1 amide bonds. The van der Waals surface area contributed by atoms with Crippen molar-refractivity contribution in [2.45, 2.75) is 13.8 Å². The first-order chi connectivity index (χ1) is 8.45. The smallest absolute Gasteiger partial charge is 0.290 e. The molecular formula is C11H16N4O3. The Kier molecular flexibility index (Phi) is 4.59.